The van der Waals surface area contributed by atoms with Crippen molar-refractivity contribution in [2.75, 3.05) is 49.7 Å². The van der Waals surface area contributed by atoms with Gasteiger partial charge in [-0.3, -0.25) is 9.36 Å². The van der Waals surface area contributed by atoms with Crippen LogP contribution in [-0.4, -0.2) is 59.4 Å². The monoisotopic (exact) mass is 380 g/mol. The summed E-state index contributed by atoms with van der Waals surface area (Å²) in [6, 6.07) is 5.87. The van der Waals surface area contributed by atoms with Gasteiger partial charge in [0.05, 0.1) is 30.4 Å². The highest BCUT2D eigenvalue weighted by atomic mass is 16.5. The zero-order chi connectivity index (χ0) is 19.5. The summed E-state index contributed by atoms with van der Waals surface area (Å²) in [5, 5.41) is 0.633. The molecule has 3 aromatic rings. The number of hydrogen-bond donors (Lipinski definition) is 0. The Balaban J connectivity index is 1.49. The van der Waals surface area contributed by atoms with Crippen molar-refractivity contribution in [1.82, 2.24) is 19.5 Å². The molecule has 0 saturated carbocycles. The first-order valence-electron chi connectivity index (χ1n) is 9.42. The summed E-state index contributed by atoms with van der Waals surface area (Å²) in [5.41, 5.74) is 2.83. The number of methoxy groups -OCH3 is 1. The third kappa shape index (κ3) is 3.68. The minimum Gasteiger partial charge on any atom is -0.383 e. The molecule has 0 spiro atoms. The van der Waals surface area contributed by atoms with Gasteiger partial charge in [-0.2, -0.15) is 0 Å². The van der Waals surface area contributed by atoms with E-state index < -0.39 is 0 Å². The van der Waals surface area contributed by atoms with Crippen molar-refractivity contribution in [3.63, 3.8) is 0 Å². The van der Waals surface area contributed by atoms with Gasteiger partial charge in [0.1, 0.15) is 0 Å². The van der Waals surface area contributed by atoms with E-state index in [2.05, 4.69) is 24.8 Å². The van der Waals surface area contributed by atoms with E-state index in [-0.39, 0.29) is 5.56 Å². The van der Waals surface area contributed by atoms with Crippen LogP contribution in [0.2, 0.25) is 0 Å². The van der Waals surface area contributed by atoms with Crippen molar-refractivity contribution >= 4 is 22.5 Å². The smallest absolute Gasteiger partial charge is 0.261 e. The van der Waals surface area contributed by atoms with Crippen LogP contribution in [-0.2, 0) is 11.3 Å². The summed E-state index contributed by atoms with van der Waals surface area (Å²) >= 11 is 0. The lowest BCUT2D eigenvalue weighted by Crippen LogP contribution is -2.47. The van der Waals surface area contributed by atoms with E-state index in [0.29, 0.717) is 18.5 Å². The number of rotatable bonds is 5. The fraction of sp³-hybridized carbons (Fsp3) is 0.400. The maximum atomic E-state index is 12.6. The van der Waals surface area contributed by atoms with Crippen LogP contribution in [0.1, 0.15) is 5.56 Å². The first-order chi connectivity index (χ1) is 13.7. The lowest BCUT2D eigenvalue weighted by Gasteiger charge is -2.36. The van der Waals surface area contributed by atoms with Crippen LogP contribution >= 0.6 is 0 Å². The Kier molecular flexibility index (Phi) is 5.21. The maximum Gasteiger partial charge on any atom is 0.261 e. The summed E-state index contributed by atoms with van der Waals surface area (Å²) in [4.78, 5) is 30.4. The average molecular weight is 380 g/mol. The second kappa shape index (κ2) is 7.93. The largest absolute Gasteiger partial charge is 0.383 e. The van der Waals surface area contributed by atoms with Gasteiger partial charge in [-0.25, -0.2) is 15.0 Å². The Morgan fingerprint density at radius 2 is 1.75 bits per heavy atom. The topological polar surface area (TPSA) is 76.4 Å². The second-order valence-corrected chi connectivity index (χ2v) is 6.97. The summed E-state index contributed by atoms with van der Waals surface area (Å²) in [6.45, 7) is 6.42. The molecule has 1 aliphatic rings. The van der Waals surface area contributed by atoms with Crippen LogP contribution in [0.5, 0.6) is 0 Å². The Labute approximate surface area is 163 Å². The van der Waals surface area contributed by atoms with E-state index in [4.69, 9.17) is 4.74 Å². The summed E-state index contributed by atoms with van der Waals surface area (Å²) < 4.78 is 6.64. The molecule has 3 heterocycles. The predicted octanol–water partition coefficient (Wildman–Crippen LogP) is 1.47. The lowest BCUT2D eigenvalue weighted by molar-refractivity contribution is 0.186. The highest BCUT2D eigenvalue weighted by Gasteiger charge is 2.19. The number of hydrogen-bond acceptors (Lipinski definition) is 7. The Bertz CT molecular complexity index is 1010. The van der Waals surface area contributed by atoms with Crippen molar-refractivity contribution in [2.45, 2.75) is 13.5 Å². The molecule has 0 bridgehead atoms. The van der Waals surface area contributed by atoms with Crippen molar-refractivity contribution in [2.24, 2.45) is 0 Å². The van der Waals surface area contributed by atoms with Crippen LogP contribution in [0.25, 0.3) is 10.9 Å². The van der Waals surface area contributed by atoms with E-state index in [1.54, 1.807) is 18.0 Å². The fourth-order valence-corrected chi connectivity index (χ4v) is 3.41. The van der Waals surface area contributed by atoms with Gasteiger partial charge in [0, 0.05) is 51.4 Å². The molecule has 8 heteroatoms. The molecule has 4 rings (SSSR count). The number of ether oxygens (including phenoxy) is 1. The fourth-order valence-electron chi connectivity index (χ4n) is 3.41. The first kappa shape index (κ1) is 18.4. The summed E-state index contributed by atoms with van der Waals surface area (Å²) in [7, 11) is 1.62. The zero-order valence-corrected chi connectivity index (χ0v) is 16.2. The zero-order valence-electron chi connectivity index (χ0n) is 16.2. The third-order valence-electron chi connectivity index (χ3n) is 5.04. The number of benzene rings is 1. The van der Waals surface area contributed by atoms with Gasteiger partial charge in [-0.15, -0.1) is 0 Å². The second-order valence-electron chi connectivity index (χ2n) is 6.97. The Morgan fingerprint density at radius 3 is 2.46 bits per heavy atom. The third-order valence-corrected chi connectivity index (χ3v) is 5.04. The number of fused-ring (bicyclic) bond motifs is 1. The maximum absolute atomic E-state index is 12.6. The van der Waals surface area contributed by atoms with Gasteiger partial charge in [0.2, 0.25) is 5.95 Å². The summed E-state index contributed by atoms with van der Waals surface area (Å²) in [5.74, 6) is 0.780. The molecular formula is C20H24N6O2. The van der Waals surface area contributed by atoms with E-state index in [1.807, 2.05) is 37.5 Å². The van der Waals surface area contributed by atoms with Gasteiger partial charge < -0.3 is 14.5 Å². The Hall–Kier alpha value is -3.00. The van der Waals surface area contributed by atoms with Crippen LogP contribution < -0.4 is 15.4 Å². The molecule has 2 aromatic heterocycles. The average Bonchev–Trinajstić information content (AvgIpc) is 2.74. The minimum atomic E-state index is -0.0325. The molecule has 1 aromatic carbocycles. The molecule has 28 heavy (non-hydrogen) atoms. The number of aromatic nitrogens is 4. The van der Waals surface area contributed by atoms with Crippen LogP contribution in [0.3, 0.4) is 0 Å². The van der Waals surface area contributed by atoms with Crippen molar-refractivity contribution < 1.29 is 4.74 Å². The molecule has 1 saturated heterocycles. The number of aryl methyl sites for hydroxylation is 1. The van der Waals surface area contributed by atoms with Crippen molar-refractivity contribution in [3.05, 3.63) is 52.8 Å². The molecule has 0 unspecified atom stereocenters. The number of piperazine rings is 1. The first-order valence-corrected chi connectivity index (χ1v) is 9.42. The van der Waals surface area contributed by atoms with E-state index in [1.165, 1.54) is 0 Å². The van der Waals surface area contributed by atoms with Gasteiger partial charge in [-0.1, -0.05) is 0 Å². The molecule has 0 atom stereocenters. The van der Waals surface area contributed by atoms with Crippen molar-refractivity contribution in [1.29, 1.82) is 0 Å². The molecule has 0 amide bonds. The van der Waals surface area contributed by atoms with E-state index >= 15 is 0 Å². The quantitative estimate of drug-likeness (QED) is 0.663. The highest BCUT2D eigenvalue weighted by Crippen LogP contribution is 2.21. The lowest BCUT2D eigenvalue weighted by atomic mass is 10.2. The molecule has 1 fully saturated rings. The molecular weight excluding hydrogens is 356 g/mol. The van der Waals surface area contributed by atoms with Gasteiger partial charge >= 0.3 is 0 Å². The minimum absolute atomic E-state index is 0.0325. The number of anilines is 2. The molecule has 146 valence electrons. The summed E-state index contributed by atoms with van der Waals surface area (Å²) in [6.07, 6.45) is 5.30. The standard InChI is InChI=1S/C20H24N6O2/c1-15-12-21-20(22-13-15)25-7-5-24(6-8-25)16-3-4-17-18(11-16)23-14-26(19(17)27)9-10-28-2/h3-4,11-14H,5-10H2,1-2H3. The molecule has 0 N–H and O–H groups in total. The molecule has 0 aliphatic carbocycles. The number of nitrogens with zero attached hydrogens (tertiary/aromatic N) is 6. The molecule has 1 aliphatic heterocycles. The van der Waals surface area contributed by atoms with E-state index in [9.17, 15) is 4.79 Å². The van der Waals surface area contributed by atoms with Gasteiger partial charge in [-0.05, 0) is 30.7 Å². The van der Waals surface area contributed by atoms with Gasteiger partial charge in [0.15, 0.2) is 0 Å². The van der Waals surface area contributed by atoms with Gasteiger partial charge in [0.25, 0.3) is 5.56 Å². The van der Waals surface area contributed by atoms with Crippen molar-refractivity contribution in [3.8, 4) is 0 Å². The molecule has 8 nitrogen and oxygen atoms in total. The van der Waals surface area contributed by atoms with Crippen LogP contribution in [0.4, 0.5) is 11.6 Å². The SMILES string of the molecule is COCCn1cnc2cc(N3CCN(c4ncc(C)cn4)CC3)ccc2c1=O. The normalized spacial score (nSPS) is 14.6. The predicted molar refractivity (Wildman–Crippen MR) is 109 cm³/mol. The Morgan fingerprint density at radius 1 is 1.04 bits per heavy atom. The van der Waals surface area contributed by atoms with Crippen LogP contribution in [0, 0.1) is 6.92 Å². The van der Waals surface area contributed by atoms with E-state index in [0.717, 1.165) is 48.9 Å². The molecule has 0 radical (unpaired) electrons. The highest BCUT2D eigenvalue weighted by molar-refractivity contribution is 5.81. The van der Waals surface area contributed by atoms with Crippen LogP contribution in [0.15, 0.2) is 41.7 Å².